The molecule has 0 bridgehead atoms. The molecule has 5 nitrogen and oxygen atoms in total. The Morgan fingerprint density at radius 2 is 1.69 bits per heavy atom. The van der Waals surface area contributed by atoms with Crippen LogP contribution in [0.2, 0.25) is 10.0 Å². The van der Waals surface area contributed by atoms with Gasteiger partial charge >= 0.3 is 0 Å². The zero-order valence-corrected chi connectivity index (χ0v) is 16.9. The number of benzene rings is 2. The lowest BCUT2D eigenvalue weighted by Gasteiger charge is -2.27. The number of fused-ring (bicyclic) bond motifs is 3. The van der Waals surface area contributed by atoms with Gasteiger partial charge < -0.3 is 0 Å². The zero-order chi connectivity index (χ0) is 20.3. The van der Waals surface area contributed by atoms with E-state index >= 15 is 0 Å². The molecule has 7 heteroatoms. The number of anilines is 1. The van der Waals surface area contributed by atoms with E-state index < -0.39 is 17.9 Å². The Kier molecular flexibility index (Phi) is 4.50. The first-order valence-corrected chi connectivity index (χ1v) is 10.4. The molecule has 4 unspecified atom stereocenters. The van der Waals surface area contributed by atoms with E-state index in [-0.39, 0.29) is 28.7 Å². The minimum Gasteiger partial charge on any atom is -0.292 e. The molecule has 29 heavy (non-hydrogen) atoms. The molecule has 0 aromatic heterocycles. The molecular formula is C22H18Cl2N2O3. The normalized spacial score (nSPS) is 28.7. The third-order valence-corrected chi connectivity index (χ3v) is 6.88. The van der Waals surface area contributed by atoms with E-state index in [0.717, 1.165) is 12.8 Å². The predicted octanol–water partition coefficient (Wildman–Crippen LogP) is 3.83. The lowest BCUT2D eigenvalue weighted by atomic mass is 9.85. The van der Waals surface area contributed by atoms with Crippen LogP contribution in [0.15, 0.2) is 48.5 Å². The summed E-state index contributed by atoms with van der Waals surface area (Å²) in [6.07, 6.45) is 1.71. The number of para-hydroxylation sites is 1. The second-order valence-corrected chi connectivity index (χ2v) is 8.62. The van der Waals surface area contributed by atoms with Crippen LogP contribution >= 0.6 is 23.2 Å². The smallest absolute Gasteiger partial charge is 0.239 e. The Bertz CT molecular complexity index is 1030. The van der Waals surface area contributed by atoms with Gasteiger partial charge in [-0.2, -0.15) is 0 Å². The summed E-state index contributed by atoms with van der Waals surface area (Å²) in [5.74, 6) is -1.91. The monoisotopic (exact) mass is 428 g/mol. The first-order valence-electron chi connectivity index (χ1n) is 9.67. The number of rotatable bonds is 3. The van der Waals surface area contributed by atoms with Crippen molar-refractivity contribution in [2.45, 2.75) is 24.9 Å². The summed E-state index contributed by atoms with van der Waals surface area (Å²) in [4.78, 5) is 43.5. The molecule has 2 aromatic rings. The number of imide groups is 1. The molecule has 0 N–H and O–H groups in total. The summed E-state index contributed by atoms with van der Waals surface area (Å²) in [7, 11) is 0. The fraction of sp³-hybridized carbons (Fsp3) is 0.318. The van der Waals surface area contributed by atoms with Gasteiger partial charge in [-0.1, -0.05) is 41.4 Å². The van der Waals surface area contributed by atoms with Gasteiger partial charge in [-0.05, 0) is 49.7 Å². The minimum absolute atomic E-state index is 0.0924. The average Bonchev–Trinajstić information content (AvgIpc) is 3.34. The fourth-order valence-corrected chi connectivity index (χ4v) is 5.70. The third kappa shape index (κ3) is 2.75. The van der Waals surface area contributed by atoms with Crippen LogP contribution in [0.4, 0.5) is 5.69 Å². The van der Waals surface area contributed by atoms with Crippen LogP contribution in [0.25, 0.3) is 0 Å². The molecule has 3 aliphatic rings. The number of hydrogen-bond donors (Lipinski definition) is 0. The highest BCUT2D eigenvalue weighted by Gasteiger charge is 2.64. The Morgan fingerprint density at radius 1 is 0.966 bits per heavy atom. The highest BCUT2D eigenvalue weighted by Crippen LogP contribution is 2.48. The number of Topliss-reactive ketones (excluding diaryl/α,β-unsaturated/α-hetero) is 1. The highest BCUT2D eigenvalue weighted by molar-refractivity contribution is 6.37. The molecule has 2 amide bonds. The largest absolute Gasteiger partial charge is 0.292 e. The van der Waals surface area contributed by atoms with E-state index in [1.54, 1.807) is 36.4 Å². The molecule has 3 saturated heterocycles. The number of amides is 2. The van der Waals surface area contributed by atoms with Gasteiger partial charge in [0.2, 0.25) is 11.8 Å². The van der Waals surface area contributed by atoms with E-state index in [9.17, 15) is 14.4 Å². The zero-order valence-electron chi connectivity index (χ0n) is 15.4. The minimum atomic E-state index is -0.688. The lowest BCUT2D eigenvalue weighted by molar-refractivity contribution is -0.123. The molecule has 0 spiro atoms. The summed E-state index contributed by atoms with van der Waals surface area (Å²) >= 11 is 12.3. The lowest BCUT2D eigenvalue weighted by Crippen LogP contribution is -2.46. The fourth-order valence-electron chi connectivity index (χ4n) is 5.20. The Balaban J connectivity index is 1.57. The average molecular weight is 429 g/mol. The van der Waals surface area contributed by atoms with E-state index in [4.69, 9.17) is 23.2 Å². The van der Waals surface area contributed by atoms with Crippen LogP contribution in [0, 0.1) is 11.8 Å². The molecule has 148 valence electrons. The molecule has 3 fully saturated rings. The summed E-state index contributed by atoms with van der Waals surface area (Å²) in [6.45, 7) is 0.700. The highest BCUT2D eigenvalue weighted by atomic mass is 35.5. The van der Waals surface area contributed by atoms with Crippen molar-refractivity contribution in [2.24, 2.45) is 11.8 Å². The van der Waals surface area contributed by atoms with Crippen molar-refractivity contribution < 1.29 is 14.4 Å². The molecule has 0 radical (unpaired) electrons. The van der Waals surface area contributed by atoms with Gasteiger partial charge in [0.15, 0.2) is 5.78 Å². The molecular weight excluding hydrogens is 411 g/mol. The van der Waals surface area contributed by atoms with Gasteiger partial charge in [-0.25, -0.2) is 4.90 Å². The molecule has 3 heterocycles. The number of ketones is 1. The van der Waals surface area contributed by atoms with Crippen LogP contribution in [-0.4, -0.2) is 41.1 Å². The maximum Gasteiger partial charge on any atom is 0.239 e. The first-order chi connectivity index (χ1) is 14.0. The van der Waals surface area contributed by atoms with E-state index in [1.807, 2.05) is 11.0 Å². The van der Waals surface area contributed by atoms with Crippen molar-refractivity contribution in [1.82, 2.24) is 4.90 Å². The van der Waals surface area contributed by atoms with Crippen LogP contribution in [-0.2, 0) is 9.59 Å². The molecule has 2 aromatic carbocycles. The maximum atomic E-state index is 13.5. The Labute approximate surface area is 178 Å². The number of carbonyl (C=O) groups excluding carboxylic acids is 3. The van der Waals surface area contributed by atoms with E-state index in [1.165, 1.54) is 11.0 Å². The van der Waals surface area contributed by atoms with Crippen molar-refractivity contribution in [3.63, 3.8) is 0 Å². The van der Waals surface area contributed by atoms with Gasteiger partial charge in [-0.3, -0.25) is 19.3 Å². The van der Waals surface area contributed by atoms with E-state index in [0.29, 0.717) is 22.8 Å². The summed E-state index contributed by atoms with van der Waals surface area (Å²) < 4.78 is 0. The number of nitrogens with zero attached hydrogens (tertiary/aromatic N) is 2. The Morgan fingerprint density at radius 3 is 2.41 bits per heavy atom. The molecule has 3 aliphatic heterocycles. The molecule has 5 rings (SSSR count). The maximum absolute atomic E-state index is 13.5. The van der Waals surface area contributed by atoms with E-state index in [2.05, 4.69) is 0 Å². The molecule has 4 atom stereocenters. The van der Waals surface area contributed by atoms with Crippen molar-refractivity contribution in [2.75, 3.05) is 11.4 Å². The standard InChI is InChI=1S/C22H18Cl2N2O3/c23-12-8-9-14(15(24)11-12)20(27)19-18-17(16-7-4-10-25(16)19)21(28)26(22(18)29)13-5-2-1-3-6-13/h1-3,5-6,8-9,11,16-19H,4,7,10H2. The van der Waals surface area contributed by atoms with Crippen molar-refractivity contribution >= 4 is 46.5 Å². The summed E-state index contributed by atoms with van der Waals surface area (Å²) in [5, 5.41) is 0.704. The van der Waals surface area contributed by atoms with Gasteiger partial charge in [-0.15, -0.1) is 0 Å². The summed E-state index contributed by atoms with van der Waals surface area (Å²) in [5.41, 5.74) is 0.892. The number of halogens is 2. The van der Waals surface area contributed by atoms with Crippen LogP contribution in [0.5, 0.6) is 0 Å². The first kappa shape index (κ1) is 18.8. The topological polar surface area (TPSA) is 57.7 Å². The second kappa shape index (κ2) is 6.94. The van der Waals surface area contributed by atoms with Crippen molar-refractivity contribution in [1.29, 1.82) is 0 Å². The van der Waals surface area contributed by atoms with Gasteiger partial charge in [0.25, 0.3) is 0 Å². The van der Waals surface area contributed by atoms with Crippen LogP contribution in [0.1, 0.15) is 23.2 Å². The van der Waals surface area contributed by atoms with Crippen LogP contribution in [0.3, 0.4) is 0 Å². The predicted molar refractivity (Wildman–Crippen MR) is 110 cm³/mol. The van der Waals surface area contributed by atoms with Crippen molar-refractivity contribution in [3.05, 3.63) is 64.1 Å². The SMILES string of the molecule is O=C(c1ccc(Cl)cc1Cl)C1C2C(=O)N(c3ccccc3)C(=O)C2C2CCCN21. The third-order valence-electron chi connectivity index (χ3n) is 6.33. The molecule has 0 aliphatic carbocycles. The number of hydrogen-bond acceptors (Lipinski definition) is 4. The second-order valence-electron chi connectivity index (χ2n) is 7.78. The quantitative estimate of drug-likeness (QED) is 0.550. The van der Waals surface area contributed by atoms with Crippen molar-refractivity contribution in [3.8, 4) is 0 Å². The van der Waals surface area contributed by atoms with Crippen LogP contribution < -0.4 is 4.90 Å². The van der Waals surface area contributed by atoms with Gasteiger partial charge in [0.1, 0.15) is 0 Å². The Hall–Kier alpha value is -2.21. The van der Waals surface area contributed by atoms with Gasteiger partial charge in [0.05, 0.1) is 28.6 Å². The van der Waals surface area contributed by atoms with Gasteiger partial charge in [0, 0.05) is 16.6 Å². The molecule has 0 saturated carbocycles. The summed E-state index contributed by atoms with van der Waals surface area (Å²) in [6, 6.07) is 12.9. The number of carbonyl (C=O) groups is 3.